The lowest BCUT2D eigenvalue weighted by atomic mass is 9.98. The van der Waals surface area contributed by atoms with E-state index in [1.165, 1.54) is 77.0 Å². The summed E-state index contributed by atoms with van der Waals surface area (Å²) in [4.78, 5) is 26.1. The molecule has 2 saturated heterocycles. The van der Waals surface area contributed by atoms with E-state index >= 15 is 0 Å². The summed E-state index contributed by atoms with van der Waals surface area (Å²) >= 11 is 0. The fourth-order valence-electron chi connectivity index (χ4n) is 7.98. The molecule has 2 aliphatic heterocycles. The van der Waals surface area contributed by atoms with Crippen LogP contribution in [0, 0.1) is 0 Å². The molecule has 0 amide bonds. The predicted molar refractivity (Wildman–Crippen MR) is 235 cm³/mol. The van der Waals surface area contributed by atoms with E-state index in [0.29, 0.717) is 12.8 Å². The summed E-state index contributed by atoms with van der Waals surface area (Å²) in [5.74, 6) is -3.68. The Morgan fingerprint density at radius 1 is 0.525 bits per heavy atom. The molecule has 0 unspecified atom stereocenters. The smallest absolute Gasteiger partial charge is 0.306 e. The van der Waals surface area contributed by atoms with Crippen molar-refractivity contribution < 1.29 is 63.9 Å². The van der Waals surface area contributed by atoms with Crippen LogP contribution in [-0.4, -0.2) is 117 Å². The zero-order chi connectivity index (χ0) is 44.6. The number of aliphatic hydroxyl groups excluding tert-OH is 6. The Balaban J connectivity index is 1.84. The number of hydrogen-bond acceptors (Lipinski definition) is 13. The number of carbonyl (C=O) groups is 2. The van der Waals surface area contributed by atoms with Crippen LogP contribution in [-0.2, 0) is 33.3 Å². The van der Waals surface area contributed by atoms with Crippen molar-refractivity contribution >= 4 is 11.9 Å². The van der Waals surface area contributed by atoms with Crippen LogP contribution in [0.25, 0.3) is 0 Å². The summed E-state index contributed by atoms with van der Waals surface area (Å²) in [5, 5.41) is 63.2. The Bertz CT molecular complexity index is 1170. The maximum atomic E-state index is 13.0. The first-order chi connectivity index (χ1) is 29.7. The average molecular weight is 871 g/mol. The van der Waals surface area contributed by atoms with Gasteiger partial charge in [-0.3, -0.25) is 9.59 Å². The number of aliphatic hydroxyl groups is 6. The van der Waals surface area contributed by atoms with Crippen LogP contribution < -0.4 is 0 Å². The first kappa shape index (κ1) is 55.2. The molecule has 0 spiro atoms. The van der Waals surface area contributed by atoms with E-state index in [0.717, 1.165) is 77.0 Å². The molecule has 356 valence electrons. The van der Waals surface area contributed by atoms with Gasteiger partial charge in [-0.25, -0.2) is 0 Å². The topological polar surface area (TPSA) is 202 Å². The van der Waals surface area contributed by atoms with Gasteiger partial charge in [0, 0.05) is 12.8 Å². The van der Waals surface area contributed by atoms with E-state index in [2.05, 4.69) is 38.2 Å². The molecule has 2 aliphatic rings. The molecule has 61 heavy (non-hydrogen) atoms. The van der Waals surface area contributed by atoms with Crippen LogP contribution in [0.2, 0.25) is 0 Å². The average Bonchev–Trinajstić information content (AvgIpc) is 3.52. The molecule has 13 heteroatoms. The SMILES string of the molecule is CCCCCCCC/C=C\CCCCCCCC(=O)O[C@H]1[C@@H](O[C@]2(CO)O[C@H](CO)[C@@H](O)[C@@H]2OC(=O)CCCCCCC/C=C\CCCCCCCC)O[C@H](CO)[C@@H](O)[C@@H]1O. The molecule has 2 fully saturated rings. The number of hydrogen-bond donors (Lipinski definition) is 6. The number of ether oxygens (including phenoxy) is 5. The lowest BCUT2D eigenvalue weighted by Crippen LogP contribution is -2.64. The molecule has 6 N–H and O–H groups in total. The number of esters is 2. The maximum Gasteiger partial charge on any atom is 0.306 e. The fourth-order valence-corrected chi connectivity index (χ4v) is 7.98. The van der Waals surface area contributed by atoms with Gasteiger partial charge >= 0.3 is 11.9 Å². The van der Waals surface area contributed by atoms with Crippen LogP contribution >= 0.6 is 0 Å². The zero-order valence-corrected chi connectivity index (χ0v) is 37.9. The molecular weight excluding hydrogens is 785 g/mol. The Kier molecular flexibility index (Phi) is 31.2. The van der Waals surface area contributed by atoms with Gasteiger partial charge in [0.15, 0.2) is 12.2 Å². The quantitative estimate of drug-likeness (QED) is 0.0201. The minimum Gasteiger partial charge on any atom is -0.454 e. The first-order valence-electron chi connectivity index (χ1n) is 24.2. The Morgan fingerprint density at radius 2 is 0.934 bits per heavy atom. The van der Waals surface area contributed by atoms with E-state index in [9.17, 15) is 40.2 Å². The lowest BCUT2D eigenvalue weighted by molar-refractivity contribution is -0.384. The summed E-state index contributed by atoms with van der Waals surface area (Å²) in [7, 11) is 0. The highest BCUT2D eigenvalue weighted by Gasteiger charge is 2.61. The van der Waals surface area contributed by atoms with Gasteiger partial charge in [-0.05, 0) is 64.2 Å². The van der Waals surface area contributed by atoms with Crippen molar-refractivity contribution in [2.24, 2.45) is 0 Å². The normalized spacial score (nSPS) is 26.8. The predicted octanol–water partition coefficient (Wildman–Crippen LogP) is 7.78. The van der Waals surface area contributed by atoms with Crippen LogP contribution in [0.5, 0.6) is 0 Å². The Hall–Kier alpha value is -1.94. The highest BCUT2D eigenvalue weighted by Crippen LogP contribution is 2.39. The molecule has 0 aliphatic carbocycles. The molecular formula is C48H86O13. The van der Waals surface area contributed by atoms with Gasteiger partial charge < -0.3 is 54.3 Å². The molecule has 0 bridgehead atoms. The van der Waals surface area contributed by atoms with Crippen molar-refractivity contribution in [2.45, 2.75) is 248 Å². The Labute approximate surface area is 367 Å². The van der Waals surface area contributed by atoms with Gasteiger partial charge in [0.25, 0.3) is 0 Å². The molecule has 9 atom stereocenters. The zero-order valence-electron chi connectivity index (χ0n) is 37.9. The third-order valence-electron chi connectivity index (χ3n) is 11.8. The molecule has 0 aromatic heterocycles. The second-order valence-electron chi connectivity index (χ2n) is 17.2. The van der Waals surface area contributed by atoms with Crippen molar-refractivity contribution in [1.82, 2.24) is 0 Å². The lowest BCUT2D eigenvalue weighted by Gasteiger charge is -2.44. The van der Waals surface area contributed by atoms with Crippen LogP contribution in [0.15, 0.2) is 24.3 Å². The number of allylic oxidation sites excluding steroid dienone is 4. The summed E-state index contributed by atoms with van der Waals surface area (Å²) in [6.45, 7) is 2.01. The van der Waals surface area contributed by atoms with Gasteiger partial charge in [-0.1, -0.05) is 141 Å². The molecule has 0 saturated carbocycles. The minimum absolute atomic E-state index is 0.0250. The van der Waals surface area contributed by atoms with E-state index in [4.69, 9.17) is 23.7 Å². The van der Waals surface area contributed by atoms with Gasteiger partial charge in [0.05, 0.1) is 13.2 Å². The highest BCUT2D eigenvalue weighted by atomic mass is 16.8. The van der Waals surface area contributed by atoms with Crippen molar-refractivity contribution in [3.8, 4) is 0 Å². The van der Waals surface area contributed by atoms with Crippen molar-refractivity contribution in [2.75, 3.05) is 19.8 Å². The summed E-state index contributed by atoms with van der Waals surface area (Å²) < 4.78 is 28.7. The molecule has 0 radical (unpaired) electrons. The van der Waals surface area contributed by atoms with Crippen LogP contribution in [0.4, 0.5) is 0 Å². The fraction of sp³-hybridized carbons (Fsp3) is 0.875. The van der Waals surface area contributed by atoms with Gasteiger partial charge in [-0.15, -0.1) is 0 Å². The van der Waals surface area contributed by atoms with Crippen LogP contribution in [0.3, 0.4) is 0 Å². The molecule has 2 rings (SSSR count). The monoisotopic (exact) mass is 871 g/mol. The molecule has 0 aromatic carbocycles. The van der Waals surface area contributed by atoms with Gasteiger partial charge in [0.1, 0.15) is 37.1 Å². The molecule has 0 aromatic rings. The van der Waals surface area contributed by atoms with E-state index in [-0.39, 0.29) is 12.8 Å². The van der Waals surface area contributed by atoms with Gasteiger partial charge in [0.2, 0.25) is 12.1 Å². The first-order valence-corrected chi connectivity index (χ1v) is 24.2. The highest BCUT2D eigenvalue weighted by molar-refractivity contribution is 5.70. The van der Waals surface area contributed by atoms with E-state index in [1.807, 2.05) is 0 Å². The number of unbranched alkanes of at least 4 members (excludes halogenated alkanes) is 22. The summed E-state index contributed by atoms with van der Waals surface area (Å²) in [6.07, 6.45) is 24.9. The van der Waals surface area contributed by atoms with Crippen molar-refractivity contribution in [3.63, 3.8) is 0 Å². The largest absolute Gasteiger partial charge is 0.454 e. The third-order valence-corrected chi connectivity index (χ3v) is 11.8. The van der Waals surface area contributed by atoms with E-state index < -0.39 is 86.6 Å². The minimum atomic E-state index is -2.31. The van der Waals surface area contributed by atoms with E-state index in [1.54, 1.807) is 0 Å². The van der Waals surface area contributed by atoms with Crippen LogP contribution in [0.1, 0.15) is 194 Å². The van der Waals surface area contributed by atoms with Gasteiger partial charge in [-0.2, -0.15) is 0 Å². The number of rotatable bonds is 37. The second-order valence-corrected chi connectivity index (χ2v) is 17.2. The third kappa shape index (κ3) is 22.0. The molecule has 13 nitrogen and oxygen atoms in total. The summed E-state index contributed by atoms with van der Waals surface area (Å²) in [6, 6.07) is 0. The maximum absolute atomic E-state index is 13.0. The molecule has 2 heterocycles. The summed E-state index contributed by atoms with van der Waals surface area (Å²) in [5.41, 5.74) is 0. The Morgan fingerprint density at radius 3 is 1.36 bits per heavy atom. The second kappa shape index (κ2) is 34.5. The van der Waals surface area contributed by atoms with Crippen molar-refractivity contribution in [1.29, 1.82) is 0 Å². The standard InChI is InChI=1S/C48H86O13/c1-3-5-7-9-11-13-15-17-19-21-23-25-27-29-31-33-40(52)58-45-44(56)42(54)38(35-49)57-47(45)61-48(37-51)46(43(55)39(36-50)60-48)59-41(53)34-32-30-28-26-24-22-20-18-16-14-12-10-8-6-4-2/h17-20,38-39,42-47,49-51,54-56H,3-16,21-37H2,1-2H3/b19-17-,20-18-/t38-,39-,42-,43-,44+,45-,46+,47-,48+/m1/s1. The van der Waals surface area contributed by atoms with Crippen molar-refractivity contribution in [3.05, 3.63) is 24.3 Å². The number of carbonyl (C=O) groups excluding carboxylic acids is 2.